The SMILES string of the molecule is CCNC(Cc1cc(Br)cs1)c1csc2ccccc12. The molecular formula is C16H16BrNS2. The third kappa shape index (κ3) is 2.98. The van der Waals surface area contributed by atoms with Gasteiger partial charge in [-0.3, -0.25) is 0 Å². The predicted octanol–water partition coefficient (Wildman–Crippen LogP) is 5.62. The minimum absolute atomic E-state index is 0.390. The Morgan fingerprint density at radius 1 is 1.20 bits per heavy atom. The van der Waals surface area contributed by atoms with Gasteiger partial charge in [0.25, 0.3) is 0 Å². The average Bonchev–Trinajstić information content (AvgIpc) is 3.04. The van der Waals surface area contributed by atoms with Crippen molar-refractivity contribution in [2.45, 2.75) is 19.4 Å². The maximum atomic E-state index is 3.63. The Bertz CT molecular complexity index is 701. The number of halogens is 1. The molecule has 0 aliphatic carbocycles. The van der Waals surface area contributed by atoms with Crippen molar-refractivity contribution in [3.8, 4) is 0 Å². The highest BCUT2D eigenvalue weighted by Gasteiger charge is 2.16. The maximum Gasteiger partial charge on any atom is 0.0383 e. The molecule has 104 valence electrons. The normalized spacial score (nSPS) is 12.9. The fourth-order valence-electron chi connectivity index (χ4n) is 2.47. The van der Waals surface area contributed by atoms with Gasteiger partial charge in [-0.15, -0.1) is 22.7 Å². The Morgan fingerprint density at radius 3 is 2.80 bits per heavy atom. The molecule has 1 atom stereocenters. The lowest BCUT2D eigenvalue weighted by molar-refractivity contribution is 0.558. The first-order valence-electron chi connectivity index (χ1n) is 6.70. The van der Waals surface area contributed by atoms with E-state index in [-0.39, 0.29) is 0 Å². The van der Waals surface area contributed by atoms with Gasteiger partial charge >= 0.3 is 0 Å². The van der Waals surface area contributed by atoms with Crippen molar-refractivity contribution < 1.29 is 0 Å². The van der Waals surface area contributed by atoms with Gasteiger partial charge in [0, 0.05) is 31.9 Å². The summed E-state index contributed by atoms with van der Waals surface area (Å²) in [6, 6.07) is 11.3. The number of hydrogen-bond acceptors (Lipinski definition) is 3. The molecule has 2 heterocycles. The van der Waals surface area contributed by atoms with Crippen LogP contribution >= 0.6 is 38.6 Å². The van der Waals surface area contributed by atoms with E-state index in [4.69, 9.17) is 0 Å². The van der Waals surface area contributed by atoms with Gasteiger partial charge < -0.3 is 5.32 Å². The van der Waals surface area contributed by atoms with E-state index < -0.39 is 0 Å². The van der Waals surface area contributed by atoms with E-state index in [1.54, 1.807) is 0 Å². The first kappa shape index (κ1) is 14.3. The molecule has 1 nitrogen and oxygen atoms in total. The average molecular weight is 366 g/mol. The van der Waals surface area contributed by atoms with Crippen LogP contribution in [-0.2, 0) is 6.42 Å². The number of nitrogens with one attached hydrogen (secondary N) is 1. The molecule has 3 rings (SSSR count). The molecule has 0 aliphatic heterocycles. The van der Waals surface area contributed by atoms with E-state index in [1.807, 2.05) is 22.7 Å². The second-order valence-corrected chi connectivity index (χ2v) is 7.56. The summed E-state index contributed by atoms with van der Waals surface area (Å²) in [5, 5.41) is 9.48. The van der Waals surface area contributed by atoms with Crippen molar-refractivity contribution >= 4 is 48.7 Å². The van der Waals surface area contributed by atoms with Crippen LogP contribution in [0.25, 0.3) is 10.1 Å². The Kier molecular flexibility index (Phi) is 4.56. The van der Waals surface area contributed by atoms with E-state index in [0.29, 0.717) is 6.04 Å². The Balaban J connectivity index is 1.93. The van der Waals surface area contributed by atoms with Crippen LogP contribution in [0.15, 0.2) is 45.6 Å². The van der Waals surface area contributed by atoms with E-state index in [2.05, 4.69) is 69.3 Å². The molecule has 0 amide bonds. The molecule has 20 heavy (non-hydrogen) atoms. The number of thiophene rings is 2. The van der Waals surface area contributed by atoms with Crippen LogP contribution in [0.2, 0.25) is 0 Å². The second kappa shape index (κ2) is 6.39. The number of rotatable bonds is 5. The first-order valence-corrected chi connectivity index (χ1v) is 9.25. The van der Waals surface area contributed by atoms with Gasteiger partial charge in [-0.25, -0.2) is 0 Å². The van der Waals surface area contributed by atoms with Crippen LogP contribution in [0.4, 0.5) is 0 Å². The fraction of sp³-hybridized carbons (Fsp3) is 0.250. The van der Waals surface area contributed by atoms with Gasteiger partial charge in [0.1, 0.15) is 0 Å². The lowest BCUT2D eigenvalue weighted by Gasteiger charge is -2.17. The summed E-state index contributed by atoms with van der Waals surface area (Å²) in [5.41, 5.74) is 1.43. The highest BCUT2D eigenvalue weighted by molar-refractivity contribution is 9.10. The topological polar surface area (TPSA) is 12.0 Å². The minimum Gasteiger partial charge on any atom is -0.310 e. The van der Waals surface area contributed by atoms with Gasteiger partial charge in [0.2, 0.25) is 0 Å². The van der Waals surface area contributed by atoms with Gasteiger partial charge in [-0.05, 0) is 50.9 Å². The summed E-state index contributed by atoms with van der Waals surface area (Å²) < 4.78 is 2.56. The zero-order chi connectivity index (χ0) is 13.9. The fourth-order valence-corrected chi connectivity index (χ4v) is 4.98. The molecule has 3 aromatic rings. The second-order valence-electron chi connectivity index (χ2n) is 4.73. The van der Waals surface area contributed by atoms with Gasteiger partial charge in [0.05, 0.1) is 0 Å². The van der Waals surface area contributed by atoms with Crippen molar-refractivity contribution in [3.05, 3.63) is 56.0 Å². The number of hydrogen-bond donors (Lipinski definition) is 1. The number of fused-ring (bicyclic) bond motifs is 1. The Morgan fingerprint density at radius 2 is 2.05 bits per heavy atom. The summed E-state index contributed by atoms with van der Waals surface area (Å²) in [7, 11) is 0. The molecule has 0 aliphatic rings. The maximum absolute atomic E-state index is 3.63. The van der Waals surface area contributed by atoms with Gasteiger partial charge in [-0.2, -0.15) is 0 Å². The monoisotopic (exact) mass is 365 g/mol. The van der Waals surface area contributed by atoms with Crippen LogP contribution in [0.3, 0.4) is 0 Å². The number of benzene rings is 1. The Labute approximate surface area is 135 Å². The molecule has 1 unspecified atom stereocenters. The molecule has 4 heteroatoms. The highest BCUT2D eigenvalue weighted by Crippen LogP contribution is 2.33. The molecular weight excluding hydrogens is 350 g/mol. The van der Waals surface area contributed by atoms with Crippen LogP contribution < -0.4 is 5.32 Å². The van der Waals surface area contributed by atoms with Crippen LogP contribution in [-0.4, -0.2) is 6.54 Å². The molecule has 0 radical (unpaired) electrons. The minimum atomic E-state index is 0.390. The van der Waals surface area contributed by atoms with Crippen LogP contribution in [0, 0.1) is 0 Å². The zero-order valence-corrected chi connectivity index (χ0v) is 14.4. The molecule has 0 saturated heterocycles. The first-order chi connectivity index (χ1) is 9.78. The zero-order valence-electron chi connectivity index (χ0n) is 11.2. The molecule has 0 bridgehead atoms. The highest BCUT2D eigenvalue weighted by atomic mass is 79.9. The van der Waals surface area contributed by atoms with Crippen LogP contribution in [0.5, 0.6) is 0 Å². The van der Waals surface area contributed by atoms with Crippen molar-refractivity contribution in [1.82, 2.24) is 5.32 Å². The molecule has 0 spiro atoms. The summed E-state index contributed by atoms with van der Waals surface area (Å²) >= 11 is 7.20. The molecule has 0 saturated carbocycles. The Hall–Kier alpha value is -0.680. The van der Waals surface area contributed by atoms with Crippen molar-refractivity contribution in [1.29, 1.82) is 0 Å². The van der Waals surface area contributed by atoms with Crippen molar-refractivity contribution in [2.75, 3.05) is 6.54 Å². The molecule has 1 N–H and O–H groups in total. The van der Waals surface area contributed by atoms with Crippen molar-refractivity contribution in [3.63, 3.8) is 0 Å². The smallest absolute Gasteiger partial charge is 0.0383 e. The third-order valence-electron chi connectivity index (χ3n) is 3.36. The lowest BCUT2D eigenvalue weighted by Crippen LogP contribution is -2.22. The van der Waals surface area contributed by atoms with Crippen LogP contribution in [0.1, 0.15) is 23.4 Å². The predicted molar refractivity (Wildman–Crippen MR) is 94.0 cm³/mol. The van der Waals surface area contributed by atoms with E-state index in [1.165, 1.54) is 25.0 Å². The van der Waals surface area contributed by atoms with Gasteiger partial charge in [0.15, 0.2) is 0 Å². The van der Waals surface area contributed by atoms with E-state index >= 15 is 0 Å². The summed E-state index contributed by atoms with van der Waals surface area (Å²) in [6.45, 7) is 3.16. The summed E-state index contributed by atoms with van der Waals surface area (Å²) in [5.74, 6) is 0. The van der Waals surface area contributed by atoms with E-state index in [9.17, 15) is 0 Å². The van der Waals surface area contributed by atoms with E-state index in [0.717, 1.165) is 13.0 Å². The molecule has 1 aromatic carbocycles. The quantitative estimate of drug-likeness (QED) is 0.618. The standard InChI is InChI=1S/C16H16BrNS2/c1-2-18-15(8-12-7-11(17)9-19-12)14-10-20-16-6-4-3-5-13(14)16/h3-7,9-10,15,18H,2,8H2,1H3. The largest absolute Gasteiger partial charge is 0.310 e. The third-order valence-corrected chi connectivity index (χ3v) is 6.07. The van der Waals surface area contributed by atoms with Crippen molar-refractivity contribution in [2.24, 2.45) is 0 Å². The summed E-state index contributed by atoms with van der Waals surface area (Å²) in [4.78, 5) is 1.41. The molecule has 0 fully saturated rings. The number of likely N-dealkylation sites (N-methyl/N-ethyl adjacent to an activating group) is 1. The van der Waals surface area contributed by atoms with Gasteiger partial charge in [-0.1, -0.05) is 25.1 Å². The summed E-state index contributed by atoms with van der Waals surface area (Å²) in [6.07, 6.45) is 1.05. The molecule has 2 aromatic heterocycles. The lowest BCUT2D eigenvalue weighted by atomic mass is 10.0.